The lowest BCUT2D eigenvalue weighted by Crippen LogP contribution is -2.34. The predicted molar refractivity (Wildman–Crippen MR) is 80.2 cm³/mol. The van der Waals surface area contributed by atoms with Crippen molar-refractivity contribution in [3.8, 4) is 11.1 Å². The maximum atomic E-state index is 11.5. The lowest BCUT2D eigenvalue weighted by atomic mass is 10.0. The van der Waals surface area contributed by atoms with E-state index < -0.39 is 6.04 Å². The van der Waals surface area contributed by atoms with Gasteiger partial charge in [0.2, 0.25) is 0 Å². The van der Waals surface area contributed by atoms with Crippen LogP contribution in [-0.4, -0.2) is 18.6 Å². The molecule has 0 radical (unpaired) electrons. The highest BCUT2D eigenvalue weighted by Crippen LogP contribution is 2.19. The van der Waals surface area contributed by atoms with E-state index in [-0.39, 0.29) is 5.97 Å². The van der Waals surface area contributed by atoms with Gasteiger partial charge in [0, 0.05) is 0 Å². The van der Waals surface area contributed by atoms with Crippen LogP contribution in [0.15, 0.2) is 54.6 Å². The summed E-state index contributed by atoms with van der Waals surface area (Å²) in [5, 5.41) is 0. The van der Waals surface area contributed by atoms with Crippen LogP contribution in [0.3, 0.4) is 0 Å². The molecule has 0 bridgehead atoms. The van der Waals surface area contributed by atoms with Crippen molar-refractivity contribution in [2.75, 3.05) is 6.61 Å². The Bertz CT molecular complexity index is 549. The molecule has 0 amide bonds. The number of esters is 1. The Balaban J connectivity index is 2.04. The molecule has 20 heavy (non-hydrogen) atoms. The first-order valence-electron chi connectivity index (χ1n) is 6.77. The Hall–Kier alpha value is -2.13. The first kappa shape index (κ1) is 14.3. The van der Waals surface area contributed by atoms with E-state index in [1.807, 2.05) is 42.5 Å². The zero-order valence-electron chi connectivity index (χ0n) is 11.6. The second-order valence-corrected chi connectivity index (χ2v) is 4.63. The summed E-state index contributed by atoms with van der Waals surface area (Å²) in [6.07, 6.45) is 0.494. The van der Waals surface area contributed by atoms with Crippen molar-refractivity contribution in [3.05, 3.63) is 60.2 Å². The topological polar surface area (TPSA) is 52.3 Å². The van der Waals surface area contributed by atoms with Crippen LogP contribution < -0.4 is 5.73 Å². The van der Waals surface area contributed by atoms with Crippen LogP contribution in [0, 0.1) is 0 Å². The maximum Gasteiger partial charge on any atom is 0.323 e. The SMILES string of the molecule is CCOC(=O)[C@H](N)Cc1ccc(-c2ccccc2)cc1. The summed E-state index contributed by atoms with van der Waals surface area (Å²) in [7, 11) is 0. The molecule has 0 heterocycles. The molecule has 0 aliphatic carbocycles. The van der Waals surface area contributed by atoms with Gasteiger partial charge in [0.25, 0.3) is 0 Å². The number of ether oxygens (including phenoxy) is 1. The summed E-state index contributed by atoms with van der Waals surface area (Å²) in [4.78, 5) is 11.5. The standard InChI is InChI=1S/C17H19NO2/c1-2-20-17(19)16(18)12-13-8-10-15(11-9-13)14-6-4-3-5-7-14/h3-11,16H,2,12,18H2,1H3/t16-/m1/s1. The Labute approximate surface area is 119 Å². The summed E-state index contributed by atoms with van der Waals surface area (Å²) in [5.74, 6) is -0.348. The fraction of sp³-hybridized carbons (Fsp3) is 0.235. The van der Waals surface area contributed by atoms with E-state index in [1.165, 1.54) is 5.56 Å². The van der Waals surface area contributed by atoms with Gasteiger partial charge in [0.15, 0.2) is 0 Å². The van der Waals surface area contributed by atoms with Crippen molar-refractivity contribution in [3.63, 3.8) is 0 Å². The fourth-order valence-corrected chi connectivity index (χ4v) is 2.05. The molecule has 2 rings (SSSR count). The van der Waals surface area contributed by atoms with Crippen LogP contribution in [0.5, 0.6) is 0 Å². The van der Waals surface area contributed by atoms with Gasteiger partial charge in [-0.05, 0) is 30.0 Å². The third kappa shape index (κ3) is 3.68. The Morgan fingerprint density at radius 2 is 1.65 bits per heavy atom. The normalized spacial score (nSPS) is 11.9. The highest BCUT2D eigenvalue weighted by molar-refractivity contribution is 5.76. The molecule has 0 aliphatic heterocycles. The molecule has 3 nitrogen and oxygen atoms in total. The van der Waals surface area contributed by atoms with Crippen molar-refractivity contribution in [1.29, 1.82) is 0 Å². The number of carbonyl (C=O) groups excluding carboxylic acids is 1. The van der Waals surface area contributed by atoms with E-state index >= 15 is 0 Å². The quantitative estimate of drug-likeness (QED) is 0.849. The van der Waals surface area contributed by atoms with E-state index in [9.17, 15) is 4.79 Å². The largest absolute Gasteiger partial charge is 0.465 e. The number of benzene rings is 2. The number of nitrogens with two attached hydrogens (primary N) is 1. The zero-order chi connectivity index (χ0) is 14.4. The molecule has 0 spiro atoms. The average molecular weight is 269 g/mol. The molecule has 104 valence electrons. The van der Waals surface area contributed by atoms with Gasteiger partial charge in [-0.3, -0.25) is 4.79 Å². The molecule has 1 atom stereocenters. The summed E-state index contributed by atoms with van der Waals surface area (Å²) < 4.78 is 4.90. The van der Waals surface area contributed by atoms with Gasteiger partial charge in [-0.2, -0.15) is 0 Å². The van der Waals surface area contributed by atoms with Crippen molar-refractivity contribution in [2.45, 2.75) is 19.4 Å². The van der Waals surface area contributed by atoms with E-state index in [4.69, 9.17) is 10.5 Å². The lowest BCUT2D eigenvalue weighted by molar-refractivity contribution is -0.144. The molecule has 3 heteroatoms. The van der Waals surface area contributed by atoms with Crippen LogP contribution in [-0.2, 0) is 16.0 Å². The average Bonchev–Trinajstić information content (AvgIpc) is 2.49. The first-order chi connectivity index (χ1) is 9.70. The molecular formula is C17H19NO2. The van der Waals surface area contributed by atoms with Crippen molar-refractivity contribution in [1.82, 2.24) is 0 Å². The molecule has 2 aromatic rings. The van der Waals surface area contributed by atoms with Gasteiger partial charge < -0.3 is 10.5 Å². The van der Waals surface area contributed by atoms with Crippen LogP contribution in [0.25, 0.3) is 11.1 Å². The van der Waals surface area contributed by atoms with Crippen LogP contribution in [0.1, 0.15) is 12.5 Å². The Morgan fingerprint density at radius 1 is 1.05 bits per heavy atom. The van der Waals surface area contributed by atoms with Crippen molar-refractivity contribution < 1.29 is 9.53 Å². The van der Waals surface area contributed by atoms with E-state index in [1.54, 1.807) is 6.92 Å². The first-order valence-corrected chi connectivity index (χ1v) is 6.77. The van der Waals surface area contributed by atoms with Gasteiger partial charge in [-0.25, -0.2) is 0 Å². The minimum Gasteiger partial charge on any atom is -0.465 e. The number of carbonyl (C=O) groups is 1. The molecule has 2 N–H and O–H groups in total. The van der Waals surface area contributed by atoms with Gasteiger partial charge in [-0.15, -0.1) is 0 Å². The summed E-state index contributed by atoms with van der Waals surface area (Å²) in [5.41, 5.74) is 9.17. The van der Waals surface area contributed by atoms with Crippen LogP contribution >= 0.6 is 0 Å². The van der Waals surface area contributed by atoms with Gasteiger partial charge >= 0.3 is 5.97 Å². The van der Waals surface area contributed by atoms with Gasteiger partial charge in [-0.1, -0.05) is 54.6 Å². The minimum absolute atomic E-state index is 0.348. The molecule has 2 aromatic carbocycles. The van der Waals surface area contributed by atoms with Crippen LogP contribution in [0.2, 0.25) is 0 Å². The monoisotopic (exact) mass is 269 g/mol. The zero-order valence-corrected chi connectivity index (χ0v) is 11.6. The van der Waals surface area contributed by atoms with Gasteiger partial charge in [0.1, 0.15) is 6.04 Å². The molecule has 0 saturated heterocycles. The molecule has 0 unspecified atom stereocenters. The number of rotatable bonds is 5. The molecule has 0 saturated carbocycles. The Kier molecular flexibility index (Phi) is 4.91. The number of hydrogen-bond acceptors (Lipinski definition) is 3. The summed E-state index contributed by atoms with van der Waals surface area (Å²) in [6.45, 7) is 2.14. The maximum absolute atomic E-state index is 11.5. The Morgan fingerprint density at radius 3 is 2.25 bits per heavy atom. The fourth-order valence-electron chi connectivity index (χ4n) is 2.05. The summed E-state index contributed by atoms with van der Waals surface area (Å²) in [6, 6.07) is 17.7. The lowest BCUT2D eigenvalue weighted by Gasteiger charge is -2.11. The third-order valence-corrected chi connectivity index (χ3v) is 3.11. The van der Waals surface area contributed by atoms with Gasteiger partial charge in [0.05, 0.1) is 6.61 Å². The molecule has 0 fully saturated rings. The van der Waals surface area contributed by atoms with Crippen LogP contribution in [0.4, 0.5) is 0 Å². The van der Waals surface area contributed by atoms with Crippen molar-refractivity contribution >= 4 is 5.97 Å². The number of hydrogen-bond donors (Lipinski definition) is 1. The second-order valence-electron chi connectivity index (χ2n) is 4.63. The van der Waals surface area contributed by atoms with Crippen molar-refractivity contribution in [2.24, 2.45) is 5.73 Å². The highest BCUT2D eigenvalue weighted by Gasteiger charge is 2.14. The predicted octanol–water partition coefficient (Wildman–Crippen LogP) is 2.79. The highest BCUT2D eigenvalue weighted by atomic mass is 16.5. The smallest absolute Gasteiger partial charge is 0.323 e. The van der Waals surface area contributed by atoms with E-state index in [0.29, 0.717) is 13.0 Å². The van der Waals surface area contributed by atoms with E-state index in [0.717, 1.165) is 11.1 Å². The molecule has 0 aromatic heterocycles. The second kappa shape index (κ2) is 6.87. The summed E-state index contributed by atoms with van der Waals surface area (Å²) >= 11 is 0. The minimum atomic E-state index is -0.600. The molecular weight excluding hydrogens is 250 g/mol. The third-order valence-electron chi connectivity index (χ3n) is 3.11. The van der Waals surface area contributed by atoms with E-state index in [2.05, 4.69) is 12.1 Å². The molecule has 0 aliphatic rings.